The van der Waals surface area contributed by atoms with E-state index in [-0.39, 0.29) is 29.9 Å². The average Bonchev–Trinajstić information content (AvgIpc) is 2.63. The van der Waals surface area contributed by atoms with E-state index in [9.17, 15) is 15.0 Å². The van der Waals surface area contributed by atoms with Gasteiger partial charge in [0.1, 0.15) is 11.5 Å². The Hall–Kier alpha value is -2.82. The number of rotatable bonds is 7. The van der Waals surface area contributed by atoms with Crippen molar-refractivity contribution in [2.45, 2.75) is 33.2 Å². The van der Waals surface area contributed by atoms with Gasteiger partial charge in [-0.25, -0.2) is 0 Å². The maximum absolute atomic E-state index is 12.4. The Balaban J connectivity index is 2.08. The Kier molecular flexibility index (Phi) is 6.17. The van der Waals surface area contributed by atoms with E-state index in [0.29, 0.717) is 23.3 Å². The fourth-order valence-electron chi connectivity index (χ4n) is 2.52. The van der Waals surface area contributed by atoms with E-state index in [2.05, 4.69) is 10.3 Å². The smallest absolute Gasteiger partial charge is 0.176 e. The molecule has 0 aliphatic heterocycles. The Labute approximate surface area is 148 Å². The van der Waals surface area contributed by atoms with Gasteiger partial charge in [-0.3, -0.25) is 9.79 Å². The second kappa shape index (κ2) is 8.33. The van der Waals surface area contributed by atoms with Crippen LogP contribution in [-0.4, -0.2) is 34.3 Å². The SMILES string of the molecule is CCC(Nc1ccccc1)C(=O)CN=C(C)c1ccc(O)c(C)c1O. The van der Waals surface area contributed by atoms with Crippen molar-refractivity contribution in [3.05, 3.63) is 53.6 Å². The monoisotopic (exact) mass is 340 g/mol. The van der Waals surface area contributed by atoms with E-state index in [1.165, 1.54) is 6.07 Å². The molecule has 2 aromatic rings. The maximum atomic E-state index is 12.4. The molecule has 0 fully saturated rings. The number of aliphatic imine (C=N–C) groups is 1. The fraction of sp³-hybridized carbons (Fsp3) is 0.300. The number of hydrogen-bond acceptors (Lipinski definition) is 5. The Morgan fingerprint density at radius 2 is 1.84 bits per heavy atom. The topological polar surface area (TPSA) is 81.9 Å². The number of carbonyl (C=O) groups excluding carboxylic acids is 1. The molecule has 0 radical (unpaired) electrons. The van der Waals surface area contributed by atoms with Crippen LogP contribution in [0.3, 0.4) is 0 Å². The zero-order chi connectivity index (χ0) is 18.4. The zero-order valence-electron chi connectivity index (χ0n) is 14.8. The van der Waals surface area contributed by atoms with Crippen LogP contribution in [0.5, 0.6) is 11.5 Å². The highest BCUT2D eigenvalue weighted by molar-refractivity contribution is 6.03. The second-order valence-electron chi connectivity index (χ2n) is 5.95. The molecule has 0 bridgehead atoms. The summed E-state index contributed by atoms with van der Waals surface area (Å²) in [4.78, 5) is 16.8. The summed E-state index contributed by atoms with van der Waals surface area (Å²) in [6, 6.07) is 12.4. The van der Waals surface area contributed by atoms with Gasteiger partial charge in [0.25, 0.3) is 0 Å². The lowest BCUT2D eigenvalue weighted by Crippen LogP contribution is -2.30. The van der Waals surface area contributed by atoms with E-state index >= 15 is 0 Å². The number of ketones is 1. The van der Waals surface area contributed by atoms with E-state index in [0.717, 1.165) is 5.69 Å². The molecule has 0 saturated heterocycles. The van der Waals surface area contributed by atoms with E-state index in [1.54, 1.807) is 19.9 Å². The zero-order valence-corrected chi connectivity index (χ0v) is 14.8. The highest BCUT2D eigenvalue weighted by atomic mass is 16.3. The molecule has 1 atom stereocenters. The van der Waals surface area contributed by atoms with Gasteiger partial charge in [0.15, 0.2) is 5.78 Å². The Morgan fingerprint density at radius 1 is 1.16 bits per heavy atom. The molecule has 0 spiro atoms. The summed E-state index contributed by atoms with van der Waals surface area (Å²) < 4.78 is 0. The van der Waals surface area contributed by atoms with Crippen LogP contribution in [0.4, 0.5) is 5.69 Å². The molecule has 5 heteroatoms. The summed E-state index contributed by atoms with van der Waals surface area (Å²) in [6.07, 6.45) is 0.659. The Morgan fingerprint density at radius 3 is 2.48 bits per heavy atom. The lowest BCUT2D eigenvalue weighted by molar-refractivity contribution is -0.118. The molecule has 25 heavy (non-hydrogen) atoms. The number of phenols is 2. The first kappa shape index (κ1) is 18.5. The van der Waals surface area contributed by atoms with Crippen LogP contribution in [0.25, 0.3) is 0 Å². The number of nitrogens with one attached hydrogen (secondary N) is 1. The summed E-state index contributed by atoms with van der Waals surface area (Å²) in [5.74, 6) is 0.00655. The van der Waals surface area contributed by atoms with Crippen molar-refractivity contribution in [1.29, 1.82) is 0 Å². The van der Waals surface area contributed by atoms with Crippen LogP contribution in [0.2, 0.25) is 0 Å². The van der Waals surface area contributed by atoms with Gasteiger partial charge in [0.2, 0.25) is 0 Å². The van der Waals surface area contributed by atoms with E-state index < -0.39 is 0 Å². The number of Topliss-reactive ketones (excluding diaryl/α,β-unsaturated/α-hetero) is 1. The molecule has 0 saturated carbocycles. The van der Waals surface area contributed by atoms with Gasteiger partial charge in [-0.2, -0.15) is 0 Å². The fourth-order valence-corrected chi connectivity index (χ4v) is 2.52. The third-order valence-corrected chi connectivity index (χ3v) is 4.18. The van der Waals surface area contributed by atoms with Crippen molar-refractivity contribution >= 4 is 17.2 Å². The highest BCUT2D eigenvalue weighted by Crippen LogP contribution is 2.29. The molecule has 2 rings (SSSR count). The summed E-state index contributed by atoms with van der Waals surface area (Å²) in [5.41, 5.74) is 2.38. The quantitative estimate of drug-likeness (QED) is 0.672. The predicted molar refractivity (Wildman–Crippen MR) is 101 cm³/mol. The summed E-state index contributed by atoms with van der Waals surface area (Å²) in [6.45, 7) is 5.35. The average molecular weight is 340 g/mol. The maximum Gasteiger partial charge on any atom is 0.176 e. The lowest BCUT2D eigenvalue weighted by atomic mass is 10.0. The number of nitrogens with zero attached hydrogens (tertiary/aromatic N) is 1. The molecular weight excluding hydrogens is 316 g/mol. The van der Waals surface area contributed by atoms with Crippen LogP contribution in [-0.2, 0) is 4.79 Å². The van der Waals surface area contributed by atoms with Crippen molar-refractivity contribution in [3.63, 3.8) is 0 Å². The molecular formula is C20H24N2O3. The number of phenolic OH excluding ortho intramolecular Hbond substituents is 2. The molecule has 0 aromatic heterocycles. The van der Waals surface area contributed by atoms with Crippen LogP contribution < -0.4 is 5.32 Å². The van der Waals surface area contributed by atoms with Gasteiger partial charge in [-0.05, 0) is 44.5 Å². The molecule has 2 aromatic carbocycles. The minimum Gasteiger partial charge on any atom is -0.508 e. The van der Waals surface area contributed by atoms with Gasteiger partial charge in [-0.1, -0.05) is 25.1 Å². The number of carbonyl (C=O) groups is 1. The van der Waals surface area contributed by atoms with E-state index in [1.807, 2.05) is 37.3 Å². The third kappa shape index (κ3) is 4.59. The number of aromatic hydroxyl groups is 2. The molecule has 5 nitrogen and oxygen atoms in total. The van der Waals surface area contributed by atoms with Crippen molar-refractivity contribution in [1.82, 2.24) is 0 Å². The van der Waals surface area contributed by atoms with Crippen molar-refractivity contribution in [2.75, 3.05) is 11.9 Å². The third-order valence-electron chi connectivity index (χ3n) is 4.18. The lowest BCUT2D eigenvalue weighted by Gasteiger charge is -2.16. The summed E-state index contributed by atoms with van der Waals surface area (Å²) in [5, 5.41) is 23.0. The van der Waals surface area contributed by atoms with Gasteiger partial charge in [0, 0.05) is 22.5 Å². The molecule has 3 N–H and O–H groups in total. The second-order valence-corrected chi connectivity index (χ2v) is 5.95. The number of hydrogen-bond donors (Lipinski definition) is 3. The number of benzene rings is 2. The standard InChI is InChI=1S/C20H24N2O3/c1-4-17(22-15-8-6-5-7-9-15)19(24)12-21-14(3)16-10-11-18(23)13(2)20(16)25/h5-11,17,22-23,25H,4,12H2,1-3H3. The van der Waals surface area contributed by atoms with E-state index in [4.69, 9.17) is 0 Å². The van der Waals surface area contributed by atoms with Crippen molar-refractivity contribution in [3.8, 4) is 11.5 Å². The molecule has 1 unspecified atom stereocenters. The molecule has 0 aliphatic carbocycles. The van der Waals surface area contributed by atoms with Crippen LogP contribution >= 0.6 is 0 Å². The van der Waals surface area contributed by atoms with Gasteiger partial charge in [0.05, 0.1) is 12.6 Å². The molecule has 132 valence electrons. The number of anilines is 1. The summed E-state index contributed by atoms with van der Waals surface area (Å²) in [7, 11) is 0. The molecule has 0 heterocycles. The molecule has 0 aliphatic rings. The largest absolute Gasteiger partial charge is 0.508 e. The minimum absolute atomic E-state index is 0.0110. The van der Waals surface area contributed by atoms with Crippen LogP contribution in [0.15, 0.2) is 47.5 Å². The van der Waals surface area contributed by atoms with Crippen LogP contribution in [0, 0.1) is 6.92 Å². The first-order valence-corrected chi connectivity index (χ1v) is 8.31. The van der Waals surface area contributed by atoms with Gasteiger partial charge >= 0.3 is 0 Å². The minimum atomic E-state index is -0.311. The van der Waals surface area contributed by atoms with Crippen molar-refractivity contribution in [2.24, 2.45) is 4.99 Å². The highest BCUT2D eigenvalue weighted by Gasteiger charge is 2.16. The van der Waals surface area contributed by atoms with Gasteiger partial charge < -0.3 is 15.5 Å². The predicted octanol–water partition coefficient (Wildman–Crippen LogP) is 3.68. The van der Waals surface area contributed by atoms with Crippen LogP contribution in [0.1, 0.15) is 31.4 Å². The summed E-state index contributed by atoms with van der Waals surface area (Å²) >= 11 is 0. The first-order valence-electron chi connectivity index (χ1n) is 8.31. The number of para-hydroxylation sites is 1. The normalized spacial score (nSPS) is 12.7. The molecule has 0 amide bonds. The van der Waals surface area contributed by atoms with Crippen molar-refractivity contribution < 1.29 is 15.0 Å². The Bertz CT molecular complexity index is 770. The van der Waals surface area contributed by atoms with Gasteiger partial charge in [-0.15, -0.1) is 0 Å². The first-order chi connectivity index (χ1) is 11.9.